The van der Waals surface area contributed by atoms with Crippen molar-refractivity contribution in [3.8, 4) is 0 Å². The molecule has 1 amide bonds. The predicted octanol–water partition coefficient (Wildman–Crippen LogP) is 1.26. The van der Waals surface area contributed by atoms with Gasteiger partial charge in [0.05, 0.1) is 19.4 Å². The summed E-state index contributed by atoms with van der Waals surface area (Å²) >= 11 is 0. The number of amides is 1. The topological polar surface area (TPSA) is 65.4 Å². The van der Waals surface area contributed by atoms with Gasteiger partial charge in [0.2, 0.25) is 5.91 Å². The van der Waals surface area contributed by atoms with E-state index in [0.29, 0.717) is 32.1 Å². The Hall–Kier alpha value is -1.40. The molecule has 2 rings (SSSR count). The average Bonchev–Trinajstić information content (AvgIpc) is 3.03. The monoisotopic (exact) mass is 295 g/mol. The van der Waals surface area contributed by atoms with Crippen molar-refractivity contribution in [2.45, 2.75) is 38.9 Å². The second-order valence-corrected chi connectivity index (χ2v) is 5.97. The standard InChI is InChI=1S/C15H25N3O3/c1-12(8-15(2)20-6-7-21-15)9-16-14(19)5-4-13-10-17-18(3)11-13/h10-12H,4-9H2,1-3H3,(H,16,19). The molecule has 0 spiro atoms. The van der Waals surface area contributed by atoms with E-state index in [-0.39, 0.29) is 5.91 Å². The third-order valence-electron chi connectivity index (χ3n) is 3.66. The Kier molecular flexibility index (Phi) is 5.36. The van der Waals surface area contributed by atoms with Crippen LogP contribution in [-0.4, -0.2) is 41.2 Å². The molecule has 1 atom stereocenters. The van der Waals surface area contributed by atoms with Crippen LogP contribution in [0.2, 0.25) is 0 Å². The molecule has 0 bridgehead atoms. The lowest BCUT2D eigenvalue weighted by atomic mass is 10.0. The van der Waals surface area contributed by atoms with Crippen molar-refractivity contribution in [2.24, 2.45) is 13.0 Å². The minimum atomic E-state index is -0.486. The van der Waals surface area contributed by atoms with Gasteiger partial charge in [0.1, 0.15) is 0 Å². The van der Waals surface area contributed by atoms with Gasteiger partial charge in [-0.15, -0.1) is 0 Å². The molecule has 1 saturated heterocycles. The van der Waals surface area contributed by atoms with Crippen molar-refractivity contribution in [3.05, 3.63) is 18.0 Å². The van der Waals surface area contributed by atoms with Crippen LogP contribution in [0.15, 0.2) is 12.4 Å². The van der Waals surface area contributed by atoms with Crippen LogP contribution in [0.4, 0.5) is 0 Å². The Morgan fingerprint density at radius 2 is 2.24 bits per heavy atom. The number of carbonyl (C=O) groups is 1. The fraction of sp³-hybridized carbons (Fsp3) is 0.733. The molecule has 0 aliphatic carbocycles. The summed E-state index contributed by atoms with van der Waals surface area (Å²) in [5.74, 6) is -0.0978. The molecular weight excluding hydrogens is 270 g/mol. The van der Waals surface area contributed by atoms with Gasteiger partial charge >= 0.3 is 0 Å². The Labute approximate surface area is 125 Å². The molecule has 1 fully saturated rings. The highest BCUT2D eigenvalue weighted by Gasteiger charge is 2.32. The number of aryl methyl sites for hydroxylation is 2. The van der Waals surface area contributed by atoms with E-state index in [0.717, 1.165) is 18.4 Å². The third kappa shape index (κ3) is 5.13. The Bertz CT molecular complexity index is 466. The third-order valence-corrected chi connectivity index (χ3v) is 3.66. The highest BCUT2D eigenvalue weighted by molar-refractivity contribution is 5.76. The molecule has 1 N–H and O–H groups in total. The lowest BCUT2D eigenvalue weighted by Crippen LogP contribution is -2.34. The zero-order valence-corrected chi connectivity index (χ0v) is 13.1. The van der Waals surface area contributed by atoms with Crippen LogP contribution < -0.4 is 5.32 Å². The summed E-state index contributed by atoms with van der Waals surface area (Å²) in [6.07, 6.45) is 5.73. The van der Waals surface area contributed by atoms with Crippen LogP contribution in [0.5, 0.6) is 0 Å². The van der Waals surface area contributed by atoms with Gasteiger partial charge < -0.3 is 14.8 Å². The van der Waals surface area contributed by atoms with E-state index in [4.69, 9.17) is 9.47 Å². The molecule has 2 heterocycles. The minimum Gasteiger partial charge on any atom is -0.356 e. The first-order valence-electron chi connectivity index (χ1n) is 7.49. The number of nitrogens with zero attached hydrogens (tertiary/aromatic N) is 2. The molecule has 21 heavy (non-hydrogen) atoms. The molecule has 1 aromatic heterocycles. The Morgan fingerprint density at radius 1 is 1.52 bits per heavy atom. The predicted molar refractivity (Wildman–Crippen MR) is 78.6 cm³/mol. The molecule has 0 aromatic carbocycles. The summed E-state index contributed by atoms with van der Waals surface area (Å²) in [4.78, 5) is 11.8. The quantitative estimate of drug-likeness (QED) is 0.822. The summed E-state index contributed by atoms with van der Waals surface area (Å²) in [7, 11) is 1.87. The number of hydrogen-bond acceptors (Lipinski definition) is 4. The minimum absolute atomic E-state index is 0.0733. The summed E-state index contributed by atoms with van der Waals surface area (Å²) in [5, 5.41) is 7.06. The van der Waals surface area contributed by atoms with Crippen LogP contribution in [0.1, 0.15) is 32.3 Å². The van der Waals surface area contributed by atoms with Gasteiger partial charge in [-0.1, -0.05) is 6.92 Å². The lowest BCUT2D eigenvalue weighted by Gasteiger charge is -2.26. The van der Waals surface area contributed by atoms with E-state index in [1.807, 2.05) is 20.2 Å². The number of ether oxygens (including phenoxy) is 2. The van der Waals surface area contributed by atoms with Gasteiger partial charge in [0.25, 0.3) is 0 Å². The zero-order valence-electron chi connectivity index (χ0n) is 13.1. The van der Waals surface area contributed by atoms with Crippen LogP contribution >= 0.6 is 0 Å². The fourth-order valence-corrected chi connectivity index (χ4v) is 2.62. The molecule has 1 unspecified atom stereocenters. The number of aromatic nitrogens is 2. The molecule has 1 aliphatic heterocycles. The molecule has 0 radical (unpaired) electrons. The maximum absolute atomic E-state index is 11.8. The molecular formula is C15H25N3O3. The summed E-state index contributed by atoms with van der Waals surface area (Å²) in [5.41, 5.74) is 1.08. The van der Waals surface area contributed by atoms with Crippen molar-refractivity contribution in [1.29, 1.82) is 0 Å². The van der Waals surface area contributed by atoms with Crippen molar-refractivity contribution in [2.75, 3.05) is 19.8 Å². The van der Waals surface area contributed by atoms with E-state index in [1.54, 1.807) is 10.9 Å². The van der Waals surface area contributed by atoms with Crippen molar-refractivity contribution in [1.82, 2.24) is 15.1 Å². The molecule has 0 saturated carbocycles. The number of hydrogen-bond donors (Lipinski definition) is 1. The Morgan fingerprint density at radius 3 is 2.86 bits per heavy atom. The summed E-state index contributed by atoms with van der Waals surface area (Å²) < 4.78 is 12.9. The molecule has 1 aliphatic rings. The van der Waals surface area contributed by atoms with Gasteiger partial charge in [0.15, 0.2) is 5.79 Å². The normalized spacial score (nSPS) is 18.6. The first-order valence-corrected chi connectivity index (χ1v) is 7.49. The SMILES string of the molecule is CC(CNC(=O)CCc1cnn(C)c1)CC1(C)OCCO1. The van der Waals surface area contributed by atoms with E-state index in [1.165, 1.54) is 0 Å². The second-order valence-electron chi connectivity index (χ2n) is 5.97. The van der Waals surface area contributed by atoms with Crippen LogP contribution in [0.25, 0.3) is 0 Å². The smallest absolute Gasteiger partial charge is 0.220 e. The molecule has 118 valence electrons. The van der Waals surface area contributed by atoms with E-state index < -0.39 is 5.79 Å². The van der Waals surface area contributed by atoms with Gasteiger partial charge in [0, 0.05) is 32.6 Å². The van der Waals surface area contributed by atoms with Crippen molar-refractivity contribution >= 4 is 5.91 Å². The van der Waals surface area contributed by atoms with E-state index >= 15 is 0 Å². The van der Waals surface area contributed by atoms with Gasteiger partial charge in [-0.2, -0.15) is 5.10 Å². The maximum atomic E-state index is 11.8. The maximum Gasteiger partial charge on any atom is 0.220 e. The zero-order chi connectivity index (χ0) is 15.3. The van der Waals surface area contributed by atoms with Gasteiger partial charge in [-0.05, 0) is 24.8 Å². The largest absolute Gasteiger partial charge is 0.356 e. The Balaban J connectivity index is 1.64. The fourth-order valence-electron chi connectivity index (χ4n) is 2.62. The van der Waals surface area contributed by atoms with Gasteiger partial charge in [-0.3, -0.25) is 9.48 Å². The van der Waals surface area contributed by atoms with Crippen LogP contribution in [0.3, 0.4) is 0 Å². The van der Waals surface area contributed by atoms with E-state index in [2.05, 4.69) is 17.3 Å². The highest BCUT2D eigenvalue weighted by atomic mass is 16.7. The average molecular weight is 295 g/mol. The lowest BCUT2D eigenvalue weighted by molar-refractivity contribution is -0.154. The summed E-state index contributed by atoms with van der Waals surface area (Å²) in [6.45, 7) is 6.01. The number of carbonyl (C=O) groups excluding carboxylic acids is 1. The van der Waals surface area contributed by atoms with E-state index in [9.17, 15) is 4.79 Å². The molecule has 6 heteroatoms. The number of rotatable bonds is 7. The van der Waals surface area contributed by atoms with Gasteiger partial charge in [-0.25, -0.2) is 0 Å². The highest BCUT2D eigenvalue weighted by Crippen LogP contribution is 2.26. The first kappa shape index (κ1) is 16.0. The first-order chi connectivity index (χ1) is 9.97. The number of nitrogens with one attached hydrogen (secondary N) is 1. The van der Waals surface area contributed by atoms with Crippen molar-refractivity contribution < 1.29 is 14.3 Å². The molecule has 1 aromatic rings. The second kappa shape index (κ2) is 7.04. The summed E-state index contributed by atoms with van der Waals surface area (Å²) in [6, 6.07) is 0. The van der Waals surface area contributed by atoms with Crippen LogP contribution in [0, 0.1) is 5.92 Å². The molecule has 6 nitrogen and oxygen atoms in total. The van der Waals surface area contributed by atoms with Crippen molar-refractivity contribution in [3.63, 3.8) is 0 Å². The van der Waals surface area contributed by atoms with Crippen LogP contribution in [-0.2, 0) is 27.7 Å².